The lowest BCUT2D eigenvalue weighted by molar-refractivity contribution is -0.139. The number of hydrogen-bond acceptors (Lipinski definition) is 4. The van der Waals surface area contributed by atoms with Gasteiger partial charge in [-0.15, -0.1) is 0 Å². The molecule has 2 N–H and O–H groups in total. The van der Waals surface area contributed by atoms with Crippen molar-refractivity contribution in [3.8, 4) is 0 Å². The van der Waals surface area contributed by atoms with Gasteiger partial charge in [-0.3, -0.25) is 14.5 Å². The summed E-state index contributed by atoms with van der Waals surface area (Å²) in [5.41, 5.74) is 5.01. The quantitative estimate of drug-likeness (QED) is 0.665. The van der Waals surface area contributed by atoms with E-state index >= 15 is 0 Å². The van der Waals surface area contributed by atoms with E-state index in [0.29, 0.717) is 6.54 Å². The maximum Gasteiger partial charge on any atom is 0.309 e. The Morgan fingerprint density at radius 1 is 0.970 bits per heavy atom. The predicted octanol–water partition coefficient (Wildman–Crippen LogP) is 3.42. The smallest absolute Gasteiger partial charge is 0.309 e. The summed E-state index contributed by atoms with van der Waals surface area (Å²) in [7, 11) is 4.05. The fourth-order valence-corrected chi connectivity index (χ4v) is 5.00. The Balaban J connectivity index is 1.45. The van der Waals surface area contributed by atoms with E-state index in [1.54, 1.807) is 0 Å². The topological polar surface area (TPSA) is 64.7 Å². The highest BCUT2D eigenvalue weighted by atomic mass is 16.2. The van der Waals surface area contributed by atoms with Gasteiger partial charge in [0.25, 0.3) is 0 Å². The van der Waals surface area contributed by atoms with Gasteiger partial charge in [-0.2, -0.15) is 0 Å². The van der Waals surface area contributed by atoms with Gasteiger partial charge in [-0.1, -0.05) is 55.7 Å². The number of nitrogens with zero attached hydrogens (tertiary/aromatic N) is 2. The van der Waals surface area contributed by atoms with Crippen molar-refractivity contribution in [3.63, 3.8) is 0 Å². The van der Waals surface area contributed by atoms with Gasteiger partial charge < -0.3 is 15.5 Å². The summed E-state index contributed by atoms with van der Waals surface area (Å²) in [6.07, 6.45) is 6.37. The molecule has 2 aromatic carbocycles. The summed E-state index contributed by atoms with van der Waals surface area (Å²) in [6.45, 7) is 2.15. The first-order valence-electron chi connectivity index (χ1n) is 12.2. The van der Waals surface area contributed by atoms with Crippen LogP contribution in [0, 0.1) is 0 Å². The first-order valence-corrected chi connectivity index (χ1v) is 12.2. The summed E-state index contributed by atoms with van der Waals surface area (Å²) in [4.78, 5) is 29.6. The monoisotopic (exact) mass is 448 g/mol. The predicted molar refractivity (Wildman–Crippen MR) is 132 cm³/mol. The SMILES string of the molecule is CN(C)c1ccc([C@@H](CNC(=O)C(=O)NC2CCCCC2)N2CCc3ccccc3C2)cc1. The minimum atomic E-state index is -0.534. The number of fused-ring (bicyclic) bond motifs is 1. The molecule has 1 atom stereocenters. The highest BCUT2D eigenvalue weighted by molar-refractivity contribution is 6.35. The van der Waals surface area contributed by atoms with E-state index in [0.717, 1.165) is 56.4 Å². The molecule has 2 amide bonds. The average Bonchev–Trinajstić information content (AvgIpc) is 2.85. The molecule has 1 fully saturated rings. The van der Waals surface area contributed by atoms with Crippen molar-refractivity contribution in [2.24, 2.45) is 0 Å². The summed E-state index contributed by atoms with van der Waals surface area (Å²) in [5, 5.41) is 5.85. The van der Waals surface area contributed by atoms with Crippen molar-refractivity contribution in [1.82, 2.24) is 15.5 Å². The molecule has 0 spiro atoms. The molecule has 1 aliphatic carbocycles. The van der Waals surface area contributed by atoms with Gasteiger partial charge in [0.05, 0.1) is 6.04 Å². The molecule has 0 unspecified atom stereocenters. The van der Waals surface area contributed by atoms with E-state index < -0.39 is 11.8 Å². The van der Waals surface area contributed by atoms with Crippen LogP contribution in [0.2, 0.25) is 0 Å². The summed E-state index contributed by atoms with van der Waals surface area (Å²) in [6, 6.07) is 17.2. The van der Waals surface area contributed by atoms with Gasteiger partial charge in [0, 0.05) is 45.5 Å². The maximum absolute atomic E-state index is 12.6. The molecule has 1 heterocycles. The third-order valence-corrected chi connectivity index (χ3v) is 7.00. The van der Waals surface area contributed by atoms with Crippen molar-refractivity contribution in [2.45, 2.75) is 57.2 Å². The lowest BCUT2D eigenvalue weighted by Gasteiger charge is -2.36. The molecule has 0 radical (unpaired) electrons. The second-order valence-electron chi connectivity index (χ2n) is 9.51. The van der Waals surface area contributed by atoms with Crippen LogP contribution in [0.25, 0.3) is 0 Å². The number of rotatable bonds is 6. The van der Waals surface area contributed by atoms with Gasteiger partial charge in [-0.05, 0) is 48.1 Å². The maximum atomic E-state index is 12.6. The van der Waals surface area contributed by atoms with Gasteiger partial charge in [0.2, 0.25) is 0 Å². The number of nitrogens with one attached hydrogen (secondary N) is 2. The molecule has 176 valence electrons. The van der Waals surface area contributed by atoms with Crippen LogP contribution in [-0.4, -0.2) is 49.9 Å². The van der Waals surface area contributed by atoms with E-state index in [-0.39, 0.29) is 12.1 Å². The highest BCUT2D eigenvalue weighted by Gasteiger charge is 2.27. The minimum absolute atomic E-state index is 0.000925. The lowest BCUT2D eigenvalue weighted by atomic mass is 9.95. The zero-order valence-corrected chi connectivity index (χ0v) is 19.8. The number of anilines is 1. The Morgan fingerprint density at radius 3 is 2.36 bits per heavy atom. The molecule has 1 saturated carbocycles. The van der Waals surface area contributed by atoms with Crippen molar-refractivity contribution in [3.05, 3.63) is 65.2 Å². The zero-order valence-electron chi connectivity index (χ0n) is 19.8. The highest BCUT2D eigenvalue weighted by Crippen LogP contribution is 2.28. The van der Waals surface area contributed by atoms with E-state index in [9.17, 15) is 9.59 Å². The van der Waals surface area contributed by atoms with Crippen molar-refractivity contribution >= 4 is 17.5 Å². The second-order valence-corrected chi connectivity index (χ2v) is 9.51. The van der Waals surface area contributed by atoms with Crippen LogP contribution in [-0.2, 0) is 22.6 Å². The largest absolute Gasteiger partial charge is 0.378 e. The summed E-state index contributed by atoms with van der Waals surface area (Å²) < 4.78 is 0. The molecule has 6 heteroatoms. The third-order valence-electron chi connectivity index (χ3n) is 7.00. The van der Waals surface area contributed by atoms with Crippen molar-refractivity contribution < 1.29 is 9.59 Å². The van der Waals surface area contributed by atoms with Gasteiger partial charge in [0.1, 0.15) is 0 Å². The van der Waals surface area contributed by atoms with E-state index in [1.165, 1.54) is 17.5 Å². The zero-order chi connectivity index (χ0) is 23.2. The van der Waals surface area contributed by atoms with E-state index in [2.05, 4.69) is 69.0 Å². The Morgan fingerprint density at radius 2 is 1.67 bits per heavy atom. The summed E-state index contributed by atoms with van der Waals surface area (Å²) in [5.74, 6) is -1.04. The molecule has 0 saturated heterocycles. The third kappa shape index (κ3) is 5.93. The molecule has 2 aliphatic rings. The van der Waals surface area contributed by atoms with Crippen LogP contribution < -0.4 is 15.5 Å². The normalized spacial score (nSPS) is 17.6. The lowest BCUT2D eigenvalue weighted by Crippen LogP contribution is -2.47. The number of benzene rings is 2. The van der Waals surface area contributed by atoms with E-state index in [1.807, 2.05) is 14.1 Å². The Labute approximate surface area is 197 Å². The molecule has 33 heavy (non-hydrogen) atoms. The molecular formula is C27H36N4O2. The number of carbonyl (C=O) groups is 2. The van der Waals surface area contributed by atoms with Gasteiger partial charge in [-0.25, -0.2) is 0 Å². The fraction of sp³-hybridized carbons (Fsp3) is 0.481. The van der Waals surface area contributed by atoms with Crippen molar-refractivity contribution in [1.29, 1.82) is 0 Å². The van der Waals surface area contributed by atoms with Crippen LogP contribution in [0.15, 0.2) is 48.5 Å². The first-order chi connectivity index (χ1) is 16.0. The van der Waals surface area contributed by atoms with Crippen LogP contribution in [0.4, 0.5) is 5.69 Å². The van der Waals surface area contributed by atoms with Gasteiger partial charge >= 0.3 is 11.8 Å². The first kappa shape index (κ1) is 23.3. The Kier molecular flexibility index (Phi) is 7.65. The molecule has 1 aliphatic heterocycles. The summed E-state index contributed by atoms with van der Waals surface area (Å²) >= 11 is 0. The fourth-order valence-electron chi connectivity index (χ4n) is 5.00. The Bertz CT molecular complexity index is 951. The number of hydrogen-bond donors (Lipinski definition) is 2. The van der Waals surface area contributed by atoms with Crippen molar-refractivity contribution in [2.75, 3.05) is 32.1 Å². The standard InChI is InChI=1S/C27H36N4O2/c1-30(2)24-14-12-21(13-15-24)25(31-17-16-20-8-6-7-9-22(20)19-31)18-28-26(32)27(33)29-23-10-4-3-5-11-23/h6-9,12-15,23,25H,3-5,10-11,16-19H2,1-2H3,(H,28,32)(H,29,33)/t25-/m1/s1. The Hall–Kier alpha value is -2.86. The minimum Gasteiger partial charge on any atom is -0.378 e. The van der Waals surface area contributed by atoms with Crippen LogP contribution >= 0.6 is 0 Å². The molecule has 4 rings (SSSR count). The molecule has 6 nitrogen and oxygen atoms in total. The van der Waals surface area contributed by atoms with Crippen LogP contribution in [0.3, 0.4) is 0 Å². The number of carbonyl (C=O) groups excluding carboxylic acids is 2. The van der Waals surface area contributed by atoms with Crippen LogP contribution in [0.1, 0.15) is 54.8 Å². The second kappa shape index (κ2) is 10.8. The van der Waals surface area contributed by atoms with E-state index in [4.69, 9.17) is 0 Å². The van der Waals surface area contributed by atoms with Gasteiger partial charge in [0.15, 0.2) is 0 Å². The molecule has 0 aromatic heterocycles. The number of amides is 2. The molecule has 2 aromatic rings. The van der Waals surface area contributed by atoms with Crippen LogP contribution in [0.5, 0.6) is 0 Å². The molecular weight excluding hydrogens is 412 g/mol. The average molecular weight is 449 g/mol. The molecule has 0 bridgehead atoms.